The van der Waals surface area contributed by atoms with Crippen LogP contribution in [0.1, 0.15) is 28.1 Å². The molecule has 0 unspecified atom stereocenters. The van der Waals surface area contributed by atoms with Crippen LogP contribution in [0.25, 0.3) is 11.0 Å². The number of ketones is 1. The zero-order valence-corrected chi connectivity index (χ0v) is 9.24. The molecule has 0 aliphatic heterocycles. The van der Waals surface area contributed by atoms with E-state index in [-0.39, 0.29) is 22.5 Å². The van der Waals surface area contributed by atoms with Crippen LogP contribution in [0.15, 0.2) is 21.3 Å². The fraction of sp³-hybridized carbons (Fsp3) is 0.231. The minimum absolute atomic E-state index is 0.101. The Hall–Kier alpha value is -2.10. The van der Waals surface area contributed by atoms with Gasteiger partial charge >= 0.3 is 0 Å². The molecule has 4 nitrogen and oxygen atoms in total. The Morgan fingerprint density at radius 3 is 2.76 bits per heavy atom. The predicted octanol–water partition coefficient (Wildman–Crippen LogP) is 1.94. The summed E-state index contributed by atoms with van der Waals surface area (Å²) in [5, 5.41) is 9.88. The average Bonchev–Trinajstić information content (AvgIpc) is 2.59. The zero-order chi connectivity index (χ0) is 12.2. The molecule has 1 aliphatic carbocycles. The van der Waals surface area contributed by atoms with Crippen molar-refractivity contribution in [2.75, 3.05) is 0 Å². The molecular weight excluding hydrogens is 220 g/mol. The van der Waals surface area contributed by atoms with Gasteiger partial charge in [0, 0.05) is 12.8 Å². The number of aryl methyl sites for hydroxylation is 2. The Balaban J connectivity index is 2.53. The van der Waals surface area contributed by atoms with Gasteiger partial charge in [-0.3, -0.25) is 9.59 Å². The van der Waals surface area contributed by atoms with Crippen LogP contribution in [0.2, 0.25) is 0 Å². The molecule has 4 heteroatoms. The topological polar surface area (TPSA) is 67.5 Å². The number of fused-ring (bicyclic) bond motifs is 2. The lowest BCUT2D eigenvalue weighted by Crippen LogP contribution is -2.12. The molecule has 0 bridgehead atoms. The van der Waals surface area contributed by atoms with E-state index in [1.807, 2.05) is 0 Å². The van der Waals surface area contributed by atoms with Gasteiger partial charge in [0.15, 0.2) is 5.78 Å². The summed E-state index contributed by atoms with van der Waals surface area (Å²) in [7, 11) is 0. The number of phenols is 1. The first-order valence-corrected chi connectivity index (χ1v) is 5.40. The monoisotopic (exact) mass is 230 g/mol. The number of Topliss-reactive ketones (excluding diaryl/α,β-unsaturated/α-hetero) is 1. The second kappa shape index (κ2) is 3.20. The number of rotatable bonds is 0. The van der Waals surface area contributed by atoms with Crippen molar-refractivity contribution in [1.29, 1.82) is 0 Å². The van der Waals surface area contributed by atoms with E-state index < -0.39 is 5.43 Å². The molecule has 1 aromatic heterocycles. The van der Waals surface area contributed by atoms with Gasteiger partial charge in [-0.05, 0) is 24.6 Å². The minimum Gasteiger partial charge on any atom is -0.507 e. The summed E-state index contributed by atoms with van der Waals surface area (Å²) in [5.41, 5.74) is 0.848. The van der Waals surface area contributed by atoms with E-state index in [1.54, 1.807) is 13.0 Å². The number of benzene rings is 1. The van der Waals surface area contributed by atoms with Crippen molar-refractivity contribution in [3.05, 3.63) is 39.2 Å². The quantitative estimate of drug-likeness (QED) is 0.750. The van der Waals surface area contributed by atoms with E-state index in [1.165, 1.54) is 6.07 Å². The maximum Gasteiger partial charge on any atom is 0.207 e. The van der Waals surface area contributed by atoms with Crippen LogP contribution in [0.3, 0.4) is 0 Å². The Morgan fingerprint density at radius 2 is 2.00 bits per heavy atom. The molecule has 1 heterocycles. The largest absolute Gasteiger partial charge is 0.507 e. The van der Waals surface area contributed by atoms with E-state index in [9.17, 15) is 14.7 Å². The van der Waals surface area contributed by atoms with Gasteiger partial charge in [0.2, 0.25) is 5.43 Å². The molecule has 0 fully saturated rings. The van der Waals surface area contributed by atoms with Gasteiger partial charge in [-0.2, -0.15) is 0 Å². The lowest BCUT2D eigenvalue weighted by atomic mass is 10.1. The van der Waals surface area contributed by atoms with Crippen molar-refractivity contribution in [2.45, 2.75) is 19.8 Å². The molecule has 0 saturated heterocycles. The number of aromatic hydroxyl groups is 1. The fourth-order valence-electron chi connectivity index (χ4n) is 2.29. The van der Waals surface area contributed by atoms with Crippen molar-refractivity contribution in [1.82, 2.24) is 0 Å². The van der Waals surface area contributed by atoms with Crippen LogP contribution in [0.5, 0.6) is 5.75 Å². The molecule has 86 valence electrons. The Bertz CT molecular complexity index is 709. The molecule has 2 aromatic rings. The molecule has 0 radical (unpaired) electrons. The molecule has 17 heavy (non-hydrogen) atoms. The highest BCUT2D eigenvalue weighted by molar-refractivity contribution is 6.02. The second-order valence-electron chi connectivity index (χ2n) is 4.31. The SMILES string of the molecule is Cc1cc(O)c2c(=O)c3c(oc2c1)CCC3=O. The smallest absolute Gasteiger partial charge is 0.207 e. The summed E-state index contributed by atoms with van der Waals surface area (Å²) >= 11 is 0. The lowest BCUT2D eigenvalue weighted by molar-refractivity contribution is 0.0994. The first-order chi connectivity index (χ1) is 8.08. The number of carbonyl (C=O) groups excluding carboxylic acids is 1. The van der Waals surface area contributed by atoms with Gasteiger partial charge in [-0.1, -0.05) is 0 Å². The molecule has 0 atom stereocenters. The van der Waals surface area contributed by atoms with E-state index >= 15 is 0 Å². The highest BCUT2D eigenvalue weighted by Crippen LogP contribution is 2.28. The molecule has 3 rings (SSSR count). The van der Waals surface area contributed by atoms with E-state index in [2.05, 4.69) is 0 Å². The third-order valence-corrected chi connectivity index (χ3v) is 3.05. The summed E-state index contributed by atoms with van der Waals surface area (Å²) < 4.78 is 5.54. The van der Waals surface area contributed by atoms with Crippen LogP contribution in [0.4, 0.5) is 0 Å². The lowest BCUT2D eigenvalue weighted by Gasteiger charge is -2.04. The average molecular weight is 230 g/mol. The summed E-state index contributed by atoms with van der Waals surface area (Å²) in [6, 6.07) is 3.19. The summed E-state index contributed by atoms with van der Waals surface area (Å²) in [5.74, 6) is 0.115. The van der Waals surface area contributed by atoms with Crippen LogP contribution in [-0.4, -0.2) is 10.9 Å². The van der Waals surface area contributed by atoms with Gasteiger partial charge < -0.3 is 9.52 Å². The predicted molar refractivity (Wildman–Crippen MR) is 61.5 cm³/mol. The number of carbonyl (C=O) groups is 1. The zero-order valence-electron chi connectivity index (χ0n) is 9.24. The number of hydrogen-bond acceptors (Lipinski definition) is 4. The maximum absolute atomic E-state index is 12.1. The van der Waals surface area contributed by atoms with Crippen LogP contribution < -0.4 is 5.43 Å². The molecule has 0 saturated carbocycles. The van der Waals surface area contributed by atoms with Crippen molar-refractivity contribution in [3.8, 4) is 5.75 Å². The third-order valence-electron chi connectivity index (χ3n) is 3.05. The van der Waals surface area contributed by atoms with E-state index in [4.69, 9.17) is 4.42 Å². The summed E-state index contributed by atoms with van der Waals surface area (Å²) in [4.78, 5) is 23.7. The first kappa shape index (κ1) is 10.1. The molecule has 0 spiro atoms. The van der Waals surface area contributed by atoms with Crippen LogP contribution in [-0.2, 0) is 6.42 Å². The van der Waals surface area contributed by atoms with Crippen molar-refractivity contribution < 1.29 is 14.3 Å². The summed E-state index contributed by atoms with van der Waals surface area (Å²) in [6.07, 6.45) is 0.776. The molecule has 0 amide bonds. The maximum atomic E-state index is 12.1. The third kappa shape index (κ3) is 1.30. The van der Waals surface area contributed by atoms with Gasteiger partial charge in [0.1, 0.15) is 28.0 Å². The highest BCUT2D eigenvalue weighted by Gasteiger charge is 2.27. The van der Waals surface area contributed by atoms with Gasteiger partial charge in [-0.25, -0.2) is 0 Å². The van der Waals surface area contributed by atoms with Gasteiger partial charge in [-0.15, -0.1) is 0 Å². The van der Waals surface area contributed by atoms with Crippen molar-refractivity contribution >= 4 is 16.8 Å². The molecular formula is C13H10O4. The highest BCUT2D eigenvalue weighted by atomic mass is 16.3. The molecule has 1 aliphatic rings. The first-order valence-electron chi connectivity index (χ1n) is 5.40. The Morgan fingerprint density at radius 1 is 1.24 bits per heavy atom. The van der Waals surface area contributed by atoms with Gasteiger partial charge in [0.25, 0.3) is 0 Å². The van der Waals surface area contributed by atoms with Crippen LogP contribution >= 0.6 is 0 Å². The fourth-order valence-corrected chi connectivity index (χ4v) is 2.29. The Labute approximate surface area is 96.5 Å². The molecule has 1 N–H and O–H groups in total. The molecule has 1 aromatic carbocycles. The number of hydrogen-bond donors (Lipinski definition) is 1. The second-order valence-corrected chi connectivity index (χ2v) is 4.31. The summed E-state index contributed by atoms with van der Waals surface area (Å²) in [6.45, 7) is 1.80. The number of phenolic OH excluding ortho intramolecular Hbond substituents is 1. The van der Waals surface area contributed by atoms with Gasteiger partial charge in [0.05, 0.1) is 0 Å². The normalized spacial score (nSPS) is 14.3. The van der Waals surface area contributed by atoms with Crippen molar-refractivity contribution in [3.63, 3.8) is 0 Å². The van der Waals surface area contributed by atoms with E-state index in [0.29, 0.717) is 24.2 Å². The van der Waals surface area contributed by atoms with Crippen molar-refractivity contribution in [2.24, 2.45) is 0 Å². The van der Waals surface area contributed by atoms with Crippen LogP contribution in [0, 0.1) is 6.92 Å². The Kier molecular flexibility index (Phi) is 1.90. The minimum atomic E-state index is -0.416. The van der Waals surface area contributed by atoms with E-state index in [0.717, 1.165) is 5.56 Å². The standard InChI is InChI=1S/C13H10O4/c1-6-4-8(15)12-10(5-6)17-9-3-2-7(14)11(9)13(12)16/h4-5,15H,2-3H2,1H3.